The number of likely N-dealkylation sites (tertiary alicyclic amines) is 1. The number of hydrogen-bond donors (Lipinski definition) is 3. The van der Waals surface area contributed by atoms with Crippen LogP contribution in [0.3, 0.4) is 0 Å². The highest BCUT2D eigenvalue weighted by Gasteiger charge is 2.45. The summed E-state index contributed by atoms with van der Waals surface area (Å²) in [5.41, 5.74) is -0.985. The van der Waals surface area contributed by atoms with Gasteiger partial charge in [-0.3, -0.25) is 4.79 Å². The summed E-state index contributed by atoms with van der Waals surface area (Å²) in [6.07, 6.45) is 0.448. The minimum absolute atomic E-state index is 0.143. The molecule has 1 saturated heterocycles. The fourth-order valence-corrected chi connectivity index (χ4v) is 3.15. The third kappa shape index (κ3) is 5.88. The first kappa shape index (κ1) is 22.3. The van der Waals surface area contributed by atoms with Gasteiger partial charge in [0.1, 0.15) is 12.1 Å². The SMILES string of the molecule is CC(C)C1CC(C(=O)O)N(C(=O)C(NC(=O)NC(C)(C)C)C(C)(C)C)C1. The van der Waals surface area contributed by atoms with Gasteiger partial charge in [-0.25, -0.2) is 9.59 Å². The van der Waals surface area contributed by atoms with Crippen LogP contribution in [0.2, 0.25) is 0 Å². The standard InChI is InChI=1S/C19H35N3O4/c1-11(2)12-9-13(16(24)25)22(10-12)15(23)14(18(3,4)5)20-17(26)21-19(6,7)8/h11-14H,9-10H2,1-8H3,(H,24,25)(H2,20,21,26). The lowest BCUT2D eigenvalue weighted by Crippen LogP contribution is -2.59. The van der Waals surface area contributed by atoms with Crippen LogP contribution in [0, 0.1) is 17.3 Å². The molecule has 0 aromatic heterocycles. The number of carboxylic acid groups (broad SMARTS) is 1. The Morgan fingerprint density at radius 2 is 1.62 bits per heavy atom. The molecule has 0 aromatic carbocycles. The molecule has 3 N–H and O–H groups in total. The number of nitrogens with one attached hydrogen (secondary N) is 2. The lowest BCUT2D eigenvalue weighted by atomic mass is 9.85. The van der Waals surface area contributed by atoms with E-state index in [1.165, 1.54) is 4.90 Å². The van der Waals surface area contributed by atoms with Crippen LogP contribution in [-0.2, 0) is 9.59 Å². The van der Waals surface area contributed by atoms with E-state index < -0.39 is 35.0 Å². The maximum absolute atomic E-state index is 13.2. The number of nitrogens with zero attached hydrogens (tertiary/aromatic N) is 1. The lowest BCUT2D eigenvalue weighted by molar-refractivity contribution is -0.150. The molecule has 1 aliphatic heterocycles. The molecule has 1 aliphatic rings. The number of amides is 3. The Labute approximate surface area is 156 Å². The molecule has 0 saturated carbocycles. The Bertz CT molecular complexity index is 546. The maximum atomic E-state index is 13.2. The summed E-state index contributed by atoms with van der Waals surface area (Å²) in [6.45, 7) is 15.6. The van der Waals surface area contributed by atoms with E-state index in [1.807, 2.05) is 55.4 Å². The Kier molecular flexibility index (Phi) is 6.71. The summed E-state index contributed by atoms with van der Waals surface area (Å²) in [5.74, 6) is -0.894. The zero-order valence-electron chi connectivity index (χ0n) is 17.3. The van der Waals surface area contributed by atoms with E-state index in [0.717, 1.165) is 0 Å². The average molecular weight is 370 g/mol. The Balaban J connectivity index is 3.04. The molecule has 1 fully saturated rings. The smallest absolute Gasteiger partial charge is 0.326 e. The molecule has 7 nitrogen and oxygen atoms in total. The first-order valence-corrected chi connectivity index (χ1v) is 9.25. The van der Waals surface area contributed by atoms with Gasteiger partial charge in [0.05, 0.1) is 0 Å². The molecule has 150 valence electrons. The minimum Gasteiger partial charge on any atom is -0.480 e. The van der Waals surface area contributed by atoms with Crippen molar-refractivity contribution in [2.75, 3.05) is 6.54 Å². The normalized spacial score (nSPS) is 22.3. The quantitative estimate of drug-likeness (QED) is 0.709. The summed E-state index contributed by atoms with van der Waals surface area (Å²) < 4.78 is 0. The van der Waals surface area contributed by atoms with Crippen molar-refractivity contribution in [3.05, 3.63) is 0 Å². The molecule has 7 heteroatoms. The minimum atomic E-state index is -0.992. The number of urea groups is 1. The highest BCUT2D eigenvalue weighted by atomic mass is 16.4. The Morgan fingerprint density at radius 3 is 2.00 bits per heavy atom. The van der Waals surface area contributed by atoms with E-state index in [9.17, 15) is 19.5 Å². The average Bonchev–Trinajstić information content (AvgIpc) is 2.86. The van der Waals surface area contributed by atoms with Crippen LogP contribution < -0.4 is 10.6 Å². The third-order valence-corrected chi connectivity index (χ3v) is 4.72. The van der Waals surface area contributed by atoms with Crippen LogP contribution in [0.4, 0.5) is 4.79 Å². The second kappa shape index (κ2) is 7.84. The molecule has 1 heterocycles. The Morgan fingerprint density at radius 1 is 1.08 bits per heavy atom. The van der Waals surface area contributed by atoms with Crippen molar-refractivity contribution >= 4 is 17.9 Å². The number of hydrogen-bond acceptors (Lipinski definition) is 3. The molecule has 0 aliphatic carbocycles. The molecule has 0 bridgehead atoms. The molecule has 3 atom stereocenters. The van der Waals surface area contributed by atoms with Gasteiger partial charge >= 0.3 is 12.0 Å². The van der Waals surface area contributed by atoms with Crippen LogP contribution in [-0.4, -0.2) is 52.1 Å². The summed E-state index contributed by atoms with van der Waals surface area (Å²) in [7, 11) is 0. The van der Waals surface area contributed by atoms with Crippen molar-refractivity contribution in [1.82, 2.24) is 15.5 Å². The predicted octanol–water partition coefficient (Wildman–Crippen LogP) is 2.46. The van der Waals surface area contributed by atoms with Crippen LogP contribution >= 0.6 is 0 Å². The van der Waals surface area contributed by atoms with E-state index in [-0.39, 0.29) is 11.8 Å². The number of carbonyl (C=O) groups excluding carboxylic acids is 2. The summed E-state index contributed by atoms with van der Waals surface area (Å²) in [6, 6.07) is -2.08. The number of rotatable bonds is 4. The largest absolute Gasteiger partial charge is 0.480 e. The molecule has 1 rings (SSSR count). The molecule has 26 heavy (non-hydrogen) atoms. The van der Waals surface area contributed by atoms with Gasteiger partial charge in [0.2, 0.25) is 5.91 Å². The lowest BCUT2D eigenvalue weighted by Gasteiger charge is -2.35. The number of aliphatic carboxylic acids is 1. The predicted molar refractivity (Wildman–Crippen MR) is 101 cm³/mol. The molecule has 0 radical (unpaired) electrons. The highest BCUT2D eigenvalue weighted by Crippen LogP contribution is 2.32. The van der Waals surface area contributed by atoms with Crippen molar-refractivity contribution in [2.45, 2.75) is 79.4 Å². The number of carbonyl (C=O) groups is 3. The first-order valence-electron chi connectivity index (χ1n) is 9.25. The van der Waals surface area contributed by atoms with Gasteiger partial charge in [-0.15, -0.1) is 0 Å². The highest BCUT2D eigenvalue weighted by molar-refractivity contribution is 5.91. The third-order valence-electron chi connectivity index (χ3n) is 4.72. The van der Waals surface area contributed by atoms with E-state index in [0.29, 0.717) is 18.9 Å². The topological polar surface area (TPSA) is 98.7 Å². The van der Waals surface area contributed by atoms with Crippen molar-refractivity contribution in [1.29, 1.82) is 0 Å². The molecule has 0 aromatic rings. The van der Waals surface area contributed by atoms with E-state index in [4.69, 9.17) is 0 Å². The first-order chi connectivity index (χ1) is 11.6. The van der Waals surface area contributed by atoms with Crippen LogP contribution in [0.15, 0.2) is 0 Å². The van der Waals surface area contributed by atoms with E-state index >= 15 is 0 Å². The van der Waals surface area contributed by atoms with Crippen molar-refractivity contribution in [3.8, 4) is 0 Å². The van der Waals surface area contributed by atoms with E-state index in [2.05, 4.69) is 10.6 Å². The van der Waals surface area contributed by atoms with Crippen LogP contribution in [0.25, 0.3) is 0 Å². The van der Waals surface area contributed by atoms with Gasteiger partial charge in [-0.2, -0.15) is 0 Å². The maximum Gasteiger partial charge on any atom is 0.326 e. The molecule has 0 spiro atoms. The fourth-order valence-electron chi connectivity index (χ4n) is 3.15. The van der Waals surface area contributed by atoms with E-state index in [1.54, 1.807) is 0 Å². The molecular weight excluding hydrogens is 334 g/mol. The second-order valence-corrected chi connectivity index (χ2v) is 9.73. The summed E-state index contributed by atoms with van der Waals surface area (Å²) in [4.78, 5) is 38.6. The molecule has 3 unspecified atom stereocenters. The van der Waals surface area contributed by atoms with Crippen molar-refractivity contribution < 1.29 is 19.5 Å². The Hall–Kier alpha value is -1.79. The van der Waals surface area contributed by atoms with Crippen LogP contribution in [0.1, 0.15) is 61.8 Å². The summed E-state index contributed by atoms with van der Waals surface area (Å²) >= 11 is 0. The van der Waals surface area contributed by atoms with Crippen molar-refractivity contribution in [3.63, 3.8) is 0 Å². The van der Waals surface area contributed by atoms with Gasteiger partial charge < -0.3 is 20.6 Å². The number of carboxylic acids is 1. The van der Waals surface area contributed by atoms with Gasteiger partial charge in [-0.05, 0) is 44.4 Å². The van der Waals surface area contributed by atoms with Crippen molar-refractivity contribution in [2.24, 2.45) is 17.3 Å². The van der Waals surface area contributed by atoms with Gasteiger partial charge in [0.15, 0.2) is 0 Å². The monoisotopic (exact) mass is 369 g/mol. The summed E-state index contributed by atoms with van der Waals surface area (Å²) in [5, 5.41) is 15.1. The van der Waals surface area contributed by atoms with Gasteiger partial charge in [0.25, 0.3) is 0 Å². The zero-order valence-corrected chi connectivity index (χ0v) is 17.3. The van der Waals surface area contributed by atoms with Gasteiger partial charge in [0, 0.05) is 12.1 Å². The second-order valence-electron chi connectivity index (χ2n) is 9.73. The zero-order chi connectivity index (χ0) is 20.4. The van der Waals surface area contributed by atoms with Crippen LogP contribution in [0.5, 0.6) is 0 Å². The molecular formula is C19H35N3O4. The van der Waals surface area contributed by atoms with Gasteiger partial charge in [-0.1, -0.05) is 34.6 Å². The molecule has 3 amide bonds. The fraction of sp³-hybridized carbons (Fsp3) is 0.842.